The molecule has 1 atom stereocenters. The number of halogens is 9. The zero-order chi connectivity index (χ0) is 16.5. The van der Waals surface area contributed by atoms with Crippen molar-refractivity contribution in [1.29, 1.82) is 0 Å². The molecule has 0 aliphatic carbocycles. The van der Waals surface area contributed by atoms with Crippen LogP contribution in [0, 0.1) is 5.82 Å². The fourth-order valence-electron chi connectivity index (χ4n) is 2.44. The lowest BCUT2D eigenvalue weighted by Gasteiger charge is -2.35. The van der Waals surface area contributed by atoms with Crippen molar-refractivity contribution in [2.24, 2.45) is 0 Å². The molecule has 2 nitrogen and oxygen atoms in total. The van der Waals surface area contributed by atoms with Gasteiger partial charge in [-0.15, -0.1) is 24.8 Å². The van der Waals surface area contributed by atoms with E-state index < -0.39 is 40.6 Å². The third kappa shape index (κ3) is 5.29. The molecule has 0 saturated carbocycles. The number of nitrogens with one attached hydrogen (secondary N) is 1. The van der Waals surface area contributed by atoms with Crippen LogP contribution in [-0.2, 0) is 6.18 Å². The smallest absolute Gasteiger partial charge is 0.314 e. The Morgan fingerprint density at radius 2 is 1.62 bits per heavy atom. The highest BCUT2D eigenvalue weighted by molar-refractivity contribution is 6.30. The fourth-order valence-corrected chi connectivity index (χ4v) is 2.67. The number of benzene rings is 1. The summed E-state index contributed by atoms with van der Waals surface area (Å²) >= 11 is 5.46. The molecule has 1 N–H and O–H groups in total. The second kappa shape index (κ2) is 9.33. The molecule has 0 amide bonds. The molecule has 140 valence electrons. The van der Waals surface area contributed by atoms with Crippen LogP contribution in [0.1, 0.15) is 17.2 Å². The van der Waals surface area contributed by atoms with Crippen LogP contribution in [0.15, 0.2) is 12.1 Å². The van der Waals surface area contributed by atoms with E-state index in [1.807, 2.05) is 0 Å². The molecule has 1 saturated heterocycles. The van der Waals surface area contributed by atoms with Gasteiger partial charge >= 0.3 is 6.18 Å². The van der Waals surface area contributed by atoms with E-state index in [1.165, 1.54) is 4.90 Å². The Morgan fingerprint density at radius 1 is 1.08 bits per heavy atom. The molecule has 1 heterocycles. The van der Waals surface area contributed by atoms with Crippen molar-refractivity contribution in [3.05, 3.63) is 34.1 Å². The maximum atomic E-state index is 14.1. The second-order valence-corrected chi connectivity index (χ2v) is 5.33. The van der Waals surface area contributed by atoms with Gasteiger partial charge in [0.2, 0.25) is 0 Å². The van der Waals surface area contributed by atoms with E-state index in [-0.39, 0.29) is 37.9 Å². The van der Waals surface area contributed by atoms with Gasteiger partial charge in [0.1, 0.15) is 5.82 Å². The highest BCUT2D eigenvalue weighted by Gasteiger charge is 2.37. The number of hydrogen-bond donors (Lipinski definition) is 1. The van der Waals surface area contributed by atoms with Crippen LogP contribution in [0.2, 0.25) is 5.02 Å². The number of alkyl halides is 5. The average molecular weight is 420 g/mol. The summed E-state index contributed by atoms with van der Waals surface area (Å²) in [7, 11) is 0. The van der Waals surface area contributed by atoms with Crippen LogP contribution >= 0.6 is 36.4 Å². The maximum absolute atomic E-state index is 14.1. The first kappa shape index (κ1) is 23.6. The molecular weight excluding hydrogens is 405 g/mol. The van der Waals surface area contributed by atoms with Crippen molar-refractivity contribution in [3.63, 3.8) is 0 Å². The highest BCUT2D eigenvalue weighted by atomic mass is 35.5. The lowest BCUT2D eigenvalue weighted by Crippen LogP contribution is -2.47. The summed E-state index contributed by atoms with van der Waals surface area (Å²) in [5.41, 5.74) is -1.97. The van der Waals surface area contributed by atoms with Crippen molar-refractivity contribution >= 4 is 36.4 Å². The van der Waals surface area contributed by atoms with Crippen molar-refractivity contribution in [1.82, 2.24) is 10.2 Å². The van der Waals surface area contributed by atoms with Crippen LogP contribution in [0.25, 0.3) is 0 Å². The largest absolute Gasteiger partial charge is 0.416 e. The highest BCUT2D eigenvalue weighted by Crippen LogP contribution is 2.38. The third-order valence-corrected chi connectivity index (χ3v) is 3.76. The van der Waals surface area contributed by atoms with Crippen LogP contribution in [0.3, 0.4) is 0 Å². The summed E-state index contributed by atoms with van der Waals surface area (Å²) in [6, 6.07) is -0.942. The van der Waals surface area contributed by atoms with Crippen LogP contribution < -0.4 is 5.32 Å². The van der Waals surface area contributed by atoms with Gasteiger partial charge in [0.05, 0.1) is 16.6 Å². The van der Waals surface area contributed by atoms with E-state index >= 15 is 0 Å². The topological polar surface area (TPSA) is 15.3 Å². The Bertz CT molecular complexity index is 535. The zero-order valence-corrected chi connectivity index (χ0v) is 14.4. The van der Waals surface area contributed by atoms with E-state index in [9.17, 15) is 26.3 Å². The fraction of sp³-hybridized carbons (Fsp3) is 0.538. The molecule has 0 unspecified atom stereocenters. The summed E-state index contributed by atoms with van der Waals surface area (Å²) in [5.74, 6) is -1.24. The summed E-state index contributed by atoms with van der Waals surface area (Å²) in [5, 5.41) is 2.12. The number of rotatable bonds is 3. The lowest BCUT2D eigenvalue weighted by molar-refractivity contribution is -0.137. The van der Waals surface area contributed by atoms with E-state index in [1.54, 1.807) is 0 Å². The Labute approximate surface area is 152 Å². The van der Waals surface area contributed by atoms with Crippen LogP contribution in [0.5, 0.6) is 0 Å². The van der Waals surface area contributed by atoms with Gasteiger partial charge in [-0.1, -0.05) is 11.6 Å². The van der Waals surface area contributed by atoms with Crippen molar-refractivity contribution < 1.29 is 26.3 Å². The normalized spacial score (nSPS) is 17.2. The zero-order valence-electron chi connectivity index (χ0n) is 12.0. The predicted octanol–water partition coefficient (Wildman–Crippen LogP) is 4.55. The Morgan fingerprint density at radius 3 is 2.08 bits per heavy atom. The van der Waals surface area contributed by atoms with Gasteiger partial charge in [0, 0.05) is 31.7 Å². The molecular formula is C13H15Cl3F6N2. The first-order chi connectivity index (χ1) is 10.2. The second-order valence-electron chi connectivity index (χ2n) is 4.92. The Kier molecular flexibility index (Phi) is 9.17. The minimum absolute atomic E-state index is 0. The standard InChI is InChI=1S/C13H13ClF6N2.2ClH/c14-9-6-7(13(18,19)20)5-8(10(9)15)11(12(16)17)22-3-1-21-2-4-22;;/h5-6,11-12,21H,1-4H2;2*1H/t11-;;/m0../s1. The molecule has 1 fully saturated rings. The SMILES string of the molecule is Cl.Cl.Fc1c(Cl)cc(C(F)(F)F)cc1[C@@H](C(F)F)N1CCNCC1. The van der Waals surface area contributed by atoms with Gasteiger partial charge in [-0.05, 0) is 12.1 Å². The molecule has 0 radical (unpaired) electrons. The summed E-state index contributed by atoms with van der Waals surface area (Å²) in [4.78, 5) is 1.26. The Hall–Kier alpha value is -0.410. The van der Waals surface area contributed by atoms with E-state index in [0.29, 0.717) is 25.2 Å². The minimum atomic E-state index is -4.79. The molecule has 2 rings (SSSR count). The summed E-state index contributed by atoms with van der Waals surface area (Å²) in [6.07, 6.45) is -7.82. The quantitative estimate of drug-likeness (QED) is 0.723. The van der Waals surface area contributed by atoms with Gasteiger partial charge in [-0.3, -0.25) is 4.90 Å². The number of nitrogens with zero attached hydrogens (tertiary/aromatic N) is 1. The monoisotopic (exact) mass is 418 g/mol. The first-order valence-corrected chi connectivity index (χ1v) is 6.88. The molecule has 24 heavy (non-hydrogen) atoms. The molecule has 11 heteroatoms. The molecule has 0 spiro atoms. The lowest BCUT2D eigenvalue weighted by atomic mass is 10.0. The number of hydrogen-bond acceptors (Lipinski definition) is 2. The molecule has 1 aromatic carbocycles. The molecule has 0 bridgehead atoms. The van der Waals surface area contributed by atoms with Crippen molar-refractivity contribution in [3.8, 4) is 0 Å². The first-order valence-electron chi connectivity index (χ1n) is 6.51. The van der Waals surface area contributed by atoms with Crippen LogP contribution in [-0.4, -0.2) is 37.5 Å². The maximum Gasteiger partial charge on any atom is 0.416 e. The van der Waals surface area contributed by atoms with Crippen molar-refractivity contribution in [2.45, 2.75) is 18.6 Å². The van der Waals surface area contributed by atoms with Gasteiger partial charge in [-0.2, -0.15) is 13.2 Å². The molecule has 1 aliphatic heterocycles. The van der Waals surface area contributed by atoms with Gasteiger partial charge in [0.15, 0.2) is 0 Å². The summed E-state index contributed by atoms with van der Waals surface area (Å²) in [6.45, 7) is 1.17. The van der Waals surface area contributed by atoms with E-state index in [2.05, 4.69) is 5.32 Å². The third-order valence-electron chi connectivity index (χ3n) is 3.49. The minimum Gasteiger partial charge on any atom is -0.314 e. The Balaban J connectivity index is 0.00000264. The number of piperazine rings is 1. The van der Waals surface area contributed by atoms with E-state index in [0.717, 1.165) is 0 Å². The molecule has 1 aromatic rings. The summed E-state index contributed by atoms with van der Waals surface area (Å²) < 4.78 is 79.2. The van der Waals surface area contributed by atoms with Crippen molar-refractivity contribution in [2.75, 3.05) is 26.2 Å². The average Bonchev–Trinajstić information content (AvgIpc) is 2.43. The predicted molar refractivity (Wildman–Crippen MR) is 84.1 cm³/mol. The van der Waals surface area contributed by atoms with Gasteiger partial charge in [0.25, 0.3) is 6.43 Å². The van der Waals surface area contributed by atoms with E-state index in [4.69, 9.17) is 11.6 Å². The van der Waals surface area contributed by atoms with Gasteiger partial charge < -0.3 is 5.32 Å². The van der Waals surface area contributed by atoms with Gasteiger partial charge in [-0.25, -0.2) is 13.2 Å². The molecule has 0 aromatic heterocycles. The van der Waals surface area contributed by atoms with Crippen LogP contribution in [0.4, 0.5) is 26.3 Å². The molecule has 1 aliphatic rings.